The van der Waals surface area contributed by atoms with Gasteiger partial charge in [-0.05, 0) is 31.5 Å². The van der Waals surface area contributed by atoms with Crippen LogP contribution < -0.4 is 5.32 Å². The second-order valence-electron chi connectivity index (χ2n) is 4.77. The third-order valence-electron chi connectivity index (χ3n) is 3.12. The molecule has 0 aliphatic carbocycles. The van der Waals surface area contributed by atoms with E-state index in [2.05, 4.69) is 17.1 Å². The summed E-state index contributed by atoms with van der Waals surface area (Å²) in [6.07, 6.45) is 1.39. The van der Waals surface area contributed by atoms with E-state index in [1.54, 1.807) is 6.07 Å². The van der Waals surface area contributed by atoms with Crippen LogP contribution in [0.1, 0.15) is 13.3 Å². The van der Waals surface area contributed by atoms with Crippen LogP contribution in [-0.4, -0.2) is 43.8 Å². The summed E-state index contributed by atoms with van der Waals surface area (Å²) >= 11 is 0. The zero-order chi connectivity index (χ0) is 12.8. The molecule has 1 unspecified atom stereocenters. The minimum absolute atomic E-state index is 0.197. The van der Waals surface area contributed by atoms with Crippen LogP contribution in [0.25, 0.3) is 0 Å². The number of rotatable bonds is 4. The van der Waals surface area contributed by atoms with Crippen LogP contribution in [0.15, 0.2) is 24.3 Å². The second kappa shape index (κ2) is 6.71. The summed E-state index contributed by atoms with van der Waals surface area (Å²) in [6, 6.07) is 6.59. The third-order valence-corrected chi connectivity index (χ3v) is 3.12. The predicted molar refractivity (Wildman–Crippen MR) is 71.4 cm³/mol. The number of halogens is 1. The Hall–Kier alpha value is -1.13. The van der Waals surface area contributed by atoms with Crippen molar-refractivity contribution in [3.8, 4) is 0 Å². The molecule has 1 aliphatic rings. The summed E-state index contributed by atoms with van der Waals surface area (Å²) in [5, 5.41) is 3.25. The Morgan fingerprint density at radius 1 is 1.50 bits per heavy atom. The highest BCUT2D eigenvalue weighted by Crippen LogP contribution is 2.09. The van der Waals surface area contributed by atoms with Gasteiger partial charge in [0, 0.05) is 38.5 Å². The summed E-state index contributed by atoms with van der Waals surface area (Å²) in [5.74, 6) is -0.197. The lowest BCUT2D eigenvalue weighted by Crippen LogP contribution is -2.34. The Bertz CT molecular complexity index is 373. The largest absolute Gasteiger partial charge is 0.384 e. The van der Waals surface area contributed by atoms with Crippen molar-refractivity contribution >= 4 is 5.69 Å². The minimum atomic E-state index is -0.197. The number of anilines is 1. The Morgan fingerprint density at radius 3 is 3.22 bits per heavy atom. The van der Waals surface area contributed by atoms with Crippen molar-refractivity contribution < 1.29 is 9.13 Å². The molecule has 0 radical (unpaired) electrons. The molecule has 2 rings (SSSR count). The molecule has 1 N–H and O–H groups in total. The van der Waals surface area contributed by atoms with Crippen LogP contribution >= 0.6 is 0 Å². The molecule has 1 aliphatic heterocycles. The Kier molecular flexibility index (Phi) is 4.96. The fourth-order valence-corrected chi connectivity index (χ4v) is 2.24. The van der Waals surface area contributed by atoms with Crippen LogP contribution in [-0.2, 0) is 4.74 Å². The SMILES string of the molecule is CC1CN(CCNc2cccc(F)c2)CCCO1. The summed E-state index contributed by atoms with van der Waals surface area (Å²) < 4.78 is 18.6. The average molecular weight is 252 g/mol. The third kappa shape index (κ3) is 4.27. The lowest BCUT2D eigenvalue weighted by Gasteiger charge is -2.22. The van der Waals surface area contributed by atoms with E-state index in [1.807, 2.05) is 6.07 Å². The van der Waals surface area contributed by atoms with Gasteiger partial charge in [0.2, 0.25) is 0 Å². The Balaban J connectivity index is 1.74. The van der Waals surface area contributed by atoms with Crippen LogP contribution in [0.4, 0.5) is 10.1 Å². The number of ether oxygens (including phenoxy) is 1. The molecular weight excluding hydrogens is 231 g/mol. The number of hydrogen-bond donors (Lipinski definition) is 1. The lowest BCUT2D eigenvalue weighted by atomic mass is 10.3. The molecule has 100 valence electrons. The highest BCUT2D eigenvalue weighted by Gasteiger charge is 2.14. The van der Waals surface area contributed by atoms with Gasteiger partial charge < -0.3 is 10.1 Å². The minimum Gasteiger partial charge on any atom is -0.384 e. The summed E-state index contributed by atoms with van der Waals surface area (Å²) in [5.41, 5.74) is 0.842. The fraction of sp³-hybridized carbons (Fsp3) is 0.571. The molecule has 0 spiro atoms. The topological polar surface area (TPSA) is 24.5 Å². The molecule has 1 heterocycles. The molecule has 1 aromatic carbocycles. The van der Waals surface area contributed by atoms with Crippen LogP contribution in [0, 0.1) is 5.82 Å². The zero-order valence-corrected chi connectivity index (χ0v) is 10.9. The molecule has 4 heteroatoms. The van der Waals surface area contributed by atoms with E-state index in [4.69, 9.17) is 4.74 Å². The molecule has 0 amide bonds. The molecule has 0 saturated carbocycles. The van der Waals surface area contributed by atoms with Gasteiger partial charge in [0.25, 0.3) is 0 Å². The van der Waals surface area contributed by atoms with Crippen molar-refractivity contribution in [2.24, 2.45) is 0 Å². The van der Waals surface area contributed by atoms with Gasteiger partial charge in [-0.15, -0.1) is 0 Å². The van der Waals surface area contributed by atoms with Crippen molar-refractivity contribution in [3.05, 3.63) is 30.1 Å². The second-order valence-corrected chi connectivity index (χ2v) is 4.77. The fourth-order valence-electron chi connectivity index (χ4n) is 2.24. The number of hydrogen-bond acceptors (Lipinski definition) is 3. The monoisotopic (exact) mass is 252 g/mol. The van der Waals surface area contributed by atoms with Gasteiger partial charge in [-0.1, -0.05) is 6.07 Å². The average Bonchev–Trinajstić information content (AvgIpc) is 2.54. The standard InChI is InChI=1S/C14H21FN2O/c1-12-11-17(7-3-9-18-12)8-6-16-14-5-2-4-13(15)10-14/h2,4-5,10,12,16H,3,6-9,11H2,1H3. The molecule has 1 aromatic rings. The van der Waals surface area contributed by atoms with Gasteiger partial charge in [-0.2, -0.15) is 0 Å². The maximum absolute atomic E-state index is 13.0. The first-order valence-corrected chi connectivity index (χ1v) is 6.57. The van der Waals surface area contributed by atoms with E-state index in [-0.39, 0.29) is 5.82 Å². The summed E-state index contributed by atoms with van der Waals surface area (Å²) in [6.45, 7) is 6.81. The predicted octanol–water partition coefficient (Wildman–Crippen LogP) is 2.35. The first-order valence-electron chi connectivity index (χ1n) is 6.57. The van der Waals surface area contributed by atoms with Crippen molar-refractivity contribution in [1.29, 1.82) is 0 Å². The number of benzene rings is 1. The first-order chi connectivity index (χ1) is 8.74. The maximum atomic E-state index is 13.0. The van der Waals surface area contributed by atoms with Crippen LogP contribution in [0.2, 0.25) is 0 Å². The summed E-state index contributed by atoms with van der Waals surface area (Å²) in [4.78, 5) is 2.39. The van der Waals surface area contributed by atoms with Crippen molar-refractivity contribution in [1.82, 2.24) is 4.90 Å². The Morgan fingerprint density at radius 2 is 2.39 bits per heavy atom. The maximum Gasteiger partial charge on any atom is 0.125 e. The summed E-state index contributed by atoms with van der Waals surface area (Å²) in [7, 11) is 0. The van der Waals surface area contributed by atoms with Crippen molar-refractivity contribution in [2.45, 2.75) is 19.4 Å². The molecule has 0 aromatic heterocycles. The molecule has 1 fully saturated rings. The van der Waals surface area contributed by atoms with E-state index in [0.717, 1.165) is 44.9 Å². The highest BCUT2D eigenvalue weighted by atomic mass is 19.1. The highest BCUT2D eigenvalue weighted by molar-refractivity contribution is 5.42. The molecule has 3 nitrogen and oxygen atoms in total. The van der Waals surface area contributed by atoms with E-state index in [0.29, 0.717) is 6.10 Å². The van der Waals surface area contributed by atoms with E-state index >= 15 is 0 Å². The van der Waals surface area contributed by atoms with Crippen LogP contribution in [0.5, 0.6) is 0 Å². The Labute approximate surface area is 108 Å². The van der Waals surface area contributed by atoms with Crippen molar-refractivity contribution in [3.63, 3.8) is 0 Å². The van der Waals surface area contributed by atoms with Gasteiger partial charge >= 0.3 is 0 Å². The van der Waals surface area contributed by atoms with Gasteiger partial charge in [-0.25, -0.2) is 4.39 Å². The van der Waals surface area contributed by atoms with Gasteiger partial charge in [0.15, 0.2) is 0 Å². The first kappa shape index (κ1) is 13.3. The van der Waals surface area contributed by atoms with Crippen LogP contribution in [0.3, 0.4) is 0 Å². The van der Waals surface area contributed by atoms with E-state index in [9.17, 15) is 4.39 Å². The lowest BCUT2D eigenvalue weighted by molar-refractivity contribution is 0.0683. The zero-order valence-electron chi connectivity index (χ0n) is 10.9. The molecule has 18 heavy (non-hydrogen) atoms. The molecule has 1 saturated heterocycles. The van der Waals surface area contributed by atoms with Gasteiger partial charge in [-0.3, -0.25) is 4.90 Å². The molecule has 1 atom stereocenters. The van der Waals surface area contributed by atoms with E-state index in [1.165, 1.54) is 12.1 Å². The number of nitrogens with one attached hydrogen (secondary N) is 1. The van der Waals surface area contributed by atoms with Gasteiger partial charge in [0.05, 0.1) is 6.10 Å². The number of nitrogens with zero attached hydrogens (tertiary/aromatic N) is 1. The molecule has 0 bridgehead atoms. The quantitative estimate of drug-likeness (QED) is 0.890. The van der Waals surface area contributed by atoms with E-state index < -0.39 is 0 Å². The smallest absolute Gasteiger partial charge is 0.125 e. The van der Waals surface area contributed by atoms with Crippen molar-refractivity contribution in [2.75, 3.05) is 38.1 Å². The normalized spacial score (nSPS) is 21.6. The van der Waals surface area contributed by atoms with Gasteiger partial charge in [0.1, 0.15) is 5.82 Å². The molecular formula is C14H21FN2O.